The van der Waals surface area contributed by atoms with Crippen LogP contribution in [0.4, 0.5) is 0 Å². The molecule has 146 valence electrons. The standard InChI is InChI=1S/C19H17ClN2O5S/c1-9-10(2)28-19-16(9)18(24)21-14(22-19)8-27-15(23)7-11-5-12(20)17-13(6-11)25-3-4-26-17/h5-6H,3-4,7-8H2,1-2H3,(H,21,22,24). The number of aromatic amines is 1. The number of carbonyl (C=O) groups is 1. The lowest BCUT2D eigenvalue weighted by atomic mass is 10.1. The molecule has 3 heterocycles. The molecule has 4 rings (SSSR count). The Morgan fingerprint density at radius 3 is 2.93 bits per heavy atom. The number of nitrogens with zero attached hydrogens (tertiary/aromatic N) is 1. The monoisotopic (exact) mass is 420 g/mol. The SMILES string of the molecule is Cc1sc2nc(COC(=O)Cc3cc(Cl)c4c(c3)OCCO4)[nH]c(=O)c2c1C. The molecule has 0 fully saturated rings. The Morgan fingerprint density at radius 1 is 1.32 bits per heavy atom. The summed E-state index contributed by atoms with van der Waals surface area (Å²) < 4.78 is 16.2. The fourth-order valence-corrected chi connectivity index (χ4v) is 4.34. The molecule has 0 spiro atoms. The maximum atomic E-state index is 12.3. The molecule has 0 radical (unpaired) electrons. The molecule has 3 aromatic rings. The third kappa shape index (κ3) is 3.57. The minimum atomic E-state index is -0.464. The van der Waals surface area contributed by atoms with Crippen LogP contribution in [0.15, 0.2) is 16.9 Å². The van der Waals surface area contributed by atoms with Gasteiger partial charge in [0.25, 0.3) is 5.56 Å². The zero-order valence-electron chi connectivity index (χ0n) is 15.3. The second kappa shape index (κ2) is 7.44. The number of esters is 1. The van der Waals surface area contributed by atoms with E-state index in [1.807, 2.05) is 13.8 Å². The molecule has 0 saturated carbocycles. The van der Waals surface area contributed by atoms with Gasteiger partial charge in [0.05, 0.1) is 16.8 Å². The van der Waals surface area contributed by atoms with E-state index >= 15 is 0 Å². The predicted octanol–water partition coefficient (Wildman–Crippen LogP) is 3.31. The number of thiophene rings is 1. The van der Waals surface area contributed by atoms with Crippen LogP contribution in [-0.2, 0) is 22.6 Å². The third-order valence-corrected chi connectivity index (χ3v) is 5.84. The molecule has 0 aliphatic carbocycles. The molecular weight excluding hydrogens is 404 g/mol. The van der Waals surface area contributed by atoms with Crippen molar-refractivity contribution < 1.29 is 19.0 Å². The highest BCUT2D eigenvalue weighted by Crippen LogP contribution is 2.38. The number of aryl methyl sites for hydroxylation is 2. The summed E-state index contributed by atoms with van der Waals surface area (Å²) in [6.45, 7) is 4.59. The number of benzene rings is 1. The second-order valence-corrected chi connectivity index (χ2v) is 8.03. The highest BCUT2D eigenvalue weighted by atomic mass is 35.5. The minimum Gasteiger partial charge on any atom is -0.486 e. The van der Waals surface area contributed by atoms with Crippen LogP contribution < -0.4 is 15.0 Å². The molecule has 28 heavy (non-hydrogen) atoms. The lowest BCUT2D eigenvalue weighted by Crippen LogP contribution is -2.17. The molecule has 0 atom stereocenters. The molecule has 1 aliphatic rings. The number of ether oxygens (including phenoxy) is 3. The van der Waals surface area contributed by atoms with Crippen LogP contribution in [0.3, 0.4) is 0 Å². The third-order valence-electron chi connectivity index (χ3n) is 4.46. The van der Waals surface area contributed by atoms with Gasteiger partial charge in [0.1, 0.15) is 30.5 Å². The largest absolute Gasteiger partial charge is 0.486 e. The number of fused-ring (bicyclic) bond motifs is 2. The Balaban J connectivity index is 1.46. The maximum absolute atomic E-state index is 12.3. The highest BCUT2D eigenvalue weighted by Gasteiger charge is 2.18. The van der Waals surface area contributed by atoms with Crippen LogP contribution in [-0.4, -0.2) is 29.2 Å². The lowest BCUT2D eigenvalue weighted by molar-refractivity contribution is -0.144. The van der Waals surface area contributed by atoms with Gasteiger partial charge in [-0.15, -0.1) is 11.3 Å². The number of rotatable bonds is 4. The summed E-state index contributed by atoms with van der Waals surface area (Å²) in [6.07, 6.45) is 0.0139. The molecule has 7 nitrogen and oxygen atoms in total. The van der Waals surface area contributed by atoms with Gasteiger partial charge in [0.2, 0.25) is 0 Å². The maximum Gasteiger partial charge on any atom is 0.310 e. The van der Waals surface area contributed by atoms with E-state index in [1.165, 1.54) is 11.3 Å². The summed E-state index contributed by atoms with van der Waals surface area (Å²) in [5.41, 5.74) is 1.35. The van der Waals surface area contributed by atoms with Gasteiger partial charge in [-0.05, 0) is 37.1 Å². The zero-order valence-corrected chi connectivity index (χ0v) is 16.8. The molecule has 0 saturated heterocycles. The van der Waals surface area contributed by atoms with Gasteiger partial charge in [-0.2, -0.15) is 0 Å². The van der Waals surface area contributed by atoms with Gasteiger partial charge >= 0.3 is 5.97 Å². The first kappa shape index (κ1) is 18.8. The summed E-state index contributed by atoms with van der Waals surface area (Å²) in [5, 5.41) is 0.975. The van der Waals surface area contributed by atoms with Gasteiger partial charge in [0, 0.05) is 4.88 Å². The van der Waals surface area contributed by atoms with Crippen molar-refractivity contribution in [2.24, 2.45) is 0 Å². The van der Waals surface area contributed by atoms with E-state index in [4.69, 9.17) is 25.8 Å². The molecule has 9 heteroatoms. The van der Waals surface area contributed by atoms with E-state index in [1.54, 1.807) is 12.1 Å². The Labute approximate surface area is 169 Å². The first-order chi connectivity index (χ1) is 13.4. The second-order valence-electron chi connectivity index (χ2n) is 6.42. The fourth-order valence-electron chi connectivity index (χ4n) is 3.00. The van der Waals surface area contributed by atoms with E-state index in [2.05, 4.69) is 9.97 Å². The van der Waals surface area contributed by atoms with Gasteiger partial charge in [0.15, 0.2) is 11.5 Å². The predicted molar refractivity (Wildman–Crippen MR) is 106 cm³/mol. The van der Waals surface area contributed by atoms with Crippen molar-refractivity contribution >= 4 is 39.1 Å². The van der Waals surface area contributed by atoms with Crippen molar-refractivity contribution in [3.8, 4) is 11.5 Å². The number of halogens is 1. The van der Waals surface area contributed by atoms with Crippen LogP contribution in [0, 0.1) is 13.8 Å². The first-order valence-corrected chi connectivity index (χ1v) is 9.84. The Morgan fingerprint density at radius 2 is 2.11 bits per heavy atom. The number of H-pyrrole nitrogens is 1. The smallest absolute Gasteiger partial charge is 0.310 e. The van der Waals surface area contributed by atoms with Crippen molar-refractivity contribution in [1.29, 1.82) is 0 Å². The molecule has 0 unspecified atom stereocenters. The summed E-state index contributed by atoms with van der Waals surface area (Å²) in [5.74, 6) is 0.851. The van der Waals surface area contributed by atoms with Crippen molar-refractivity contribution in [1.82, 2.24) is 9.97 Å². The van der Waals surface area contributed by atoms with E-state index in [9.17, 15) is 9.59 Å². The normalized spacial score (nSPS) is 13.0. The van der Waals surface area contributed by atoms with Crippen LogP contribution in [0.1, 0.15) is 21.8 Å². The summed E-state index contributed by atoms with van der Waals surface area (Å²) >= 11 is 7.63. The molecule has 1 aliphatic heterocycles. The number of hydrogen-bond acceptors (Lipinski definition) is 7. The topological polar surface area (TPSA) is 90.5 Å². The van der Waals surface area contributed by atoms with Gasteiger partial charge < -0.3 is 19.2 Å². The van der Waals surface area contributed by atoms with Crippen LogP contribution in [0.25, 0.3) is 10.2 Å². The van der Waals surface area contributed by atoms with Crippen LogP contribution in [0.5, 0.6) is 11.5 Å². The first-order valence-electron chi connectivity index (χ1n) is 8.65. The Kier molecular flexibility index (Phi) is 4.99. The van der Waals surface area contributed by atoms with Crippen molar-refractivity contribution in [3.63, 3.8) is 0 Å². The number of carbonyl (C=O) groups excluding carboxylic acids is 1. The van der Waals surface area contributed by atoms with Crippen molar-refractivity contribution in [2.75, 3.05) is 13.2 Å². The molecule has 1 N–H and O–H groups in total. The molecule has 1 aromatic carbocycles. The van der Waals surface area contributed by atoms with E-state index in [-0.39, 0.29) is 18.6 Å². The molecule has 2 aromatic heterocycles. The Bertz CT molecular complexity index is 1140. The van der Waals surface area contributed by atoms with Crippen LogP contribution >= 0.6 is 22.9 Å². The van der Waals surface area contributed by atoms with E-state index in [0.717, 1.165) is 10.4 Å². The summed E-state index contributed by atoms with van der Waals surface area (Å²) in [6, 6.07) is 3.37. The van der Waals surface area contributed by atoms with Gasteiger partial charge in [-0.3, -0.25) is 9.59 Å². The van der Waals surface area contributed by atoms with Crippen LogP contribution in [0.2, 0.25) is 5.02 Å². The van der Waals surface area contributed by atoms with Crippen molar-refractivity contribution in [3.05, 3.63) is 49.3 Å². The van der Waals surface area contributed by atoms with Gasteiger partial charge in [-0.1, -0.05) is 11.6 Å². The number of nitrogens with one attached hydrogen (secondary N) is 1. The Hall–Kier alpha value is -2.58. The number of hydrogen-bond donors (Lipinski definition) is 1. The highest BCUT2D eigenvalue weighted by molar-refractivity contribution is 7.18. The quantitative estimate of drug-likeness (QED) is 0.651. The van der Waals surface area contributed by atoms with E-state index < -0.39 is 5.97 Å². The zero-order chi connectivity index (χ0) is 19.8. The van der Waals surface area contributed by atoms with Crippen molar-refractivity contribution in [2.45, 2.75) is 26.9 Å². The lowest BCUT2D eigenvalue weighted by Gasteiger charge is -2.20. The van der Waals surface area contributed by atoms with Gasteiger partial charge in [-0.25, -0.2) is 4.98 Å². The minimum absolute atomic E-state index is 0.0139. The molecular formula is C19H17ClN2O5S. The summed E-state index contributed by atoms with van der Waals surface area (Å²) in [4.78, 5) is 33.2. The molecule has 0 amide bonds. The summed E-state index contributed by atoms with van der Waals surface area (Å²) in [7, 11) is 0. The average molecular weight is 421 g/mol. The average Bonchev–Trinajstić information content (AvgIpc) is 2.94. The number of aromatic nitrogens is 2. The molecule has 0 bridgehead atoms. The van der Waals surface area contributed by atoms with E-state index in [0.29, 0.717) is 51.3 Å². The fraction of sp³-hybridized carbons (Fsp3) is 0.316.